The van der Waals surface area contributed by atoms with Crippen molar-refractivity contribution >= 4 is 12.0 Å². The van der Waals surface area contributed by atoms with Gasteiger partial charge in [-0.25, -0.2) is 0 Å². The van der Waals surface area contributed by atoms with E-state index in [2.05, 4.69) is 13.5 Å². The molecule has 130 valence electrons. The van der Waals surface area contributed by atoms with E-state index >= 15 is 0 Å². The van der Waals surface area contributed by atoms with Crippen LogP contribution in [-0.4, -0.2) is 37.6 Å². The molecule has 1 aliphatic heterocycles. The Bertz CT molecular complexity index is 595. The molecule has 0 N–H and O–H groups in total. The molecule has 1 aromatic carbocycles. The minimum Gasteiger partial charge on any atom is -0.493 e. The van der Waals surface area contributed by atoms with Crippen molar-refractivity contribution in [3.63, 3.8) is 0 Å². The fourth-order valence-corrected chi connectivity index (χ4v) is 2.81. The van der Waals surface area contributed by atoms with Crippen LogP contribution in [0.5, 0.6) is 11.5 Å². The highest BCUT2D eigenvalue weighted by Crippen LogP contribution is 2.28. The SMILES string of the molecule is C=CCOc1ccc(/C=C\C(=O)N2CCC[C@@H](C)CC2)cc1OC. The Hall–Kier alpha value is -2.23. The van der Waals surface area contributed by atoms with E-state index in [4.69, 9.17) is 9.47 Å². The summed E-state index contributed by atoms with van der Waals surface area (Å²) in [5.74, 6) is 2.10. The zero-order valence-corrected chi connectivity index (χ0v) is 14.7. The Morgan fingerprint density at radius 2 is 2.17 bits per heavy atom. The molecule has 1 aromatic rings. The quantitative estimate of drug-likeness (QED) is 0.586. The molecule has 0 aliphatic carbocycles. The van der Waals surface area contributed by atoms with Crippen LogP contribution in [0, 0.1) is 5.92 Å². The monoisotopic (exact) mass is 329 g/mol. The first-order chi connectivity index (χ1) is 11.6. The van der Waals surface area contributed by atoms with Gasteiger partial charge in [-0.1, -0.05) is 25.6 Å². The number of likely N-dealkylation sites (tertiary alicyclic amines) is 1. The first-order valence-electron chi connectivity index (χ1n) is 8.52. The first kappa shape index (κ1) is 18.1. The van der Waals surface area contributed by atoms with E-state index in [1.807, 2.05) is 29.2 Å². The zero-order chi connectivity index (χ0) is 17.4. The van der Waals surface area contributed by atoms with E-state index in [9.17, 15) is 4.79 Å². The predicted molar refractivity (Wildman–Crippen MR) is 97.3 cm³/mol. The van der Waals surface area contributed by atoms with Gasteiger partial charge in [0.15, 0.2) is 11.5 Å². The smallest absolute Gasteiger partial charge is 0.246 e. The van der Waals surface area contributed by atoms with Crippen molar-refractivity contribution < 1.29 is 14.3 Å². The van der Waals surface area contributed by atoms with Gasteiger partial charge in [0.25, 0.3) is 0 Å². The van der Waals surface area contributed by atoms with Crippen LogP contribution in [-0.2, 0) is 4.79 Å². The van der Waals surface area contributed by atoms with Gasteiger partial charge in [0.2, 0.25) is 5.91 Å². The second-order valence-electron chi connectivity index (χ2n) is 6.20. The fraction of sp³-hybridized carbons (Fsp3) is 0.450. The maximum atomic E-state index is 12.4. The molecule has 4 nitrogen and oxygen atoms in total. The summed E-state index contributed by atoms with van der Waals surface area (Å²) in [5, 5.41) is 0. The molecular formula is C20H27NO3. The maximum absolute atomic E-state index is 12.4. The maximum Gasteiger partial charge on any atom is 0.246 e. The van der Waals surface area contributed by atoms with Crippen LogP contribution < -0.4 is 9.47 Å². The number of rotatable bonds is 6. The van der Waals surface area contributed by atoms with E-state index in [1.165, 1.54) is 6.42 Å². The number of ether oxygens (including phenoxy) is 2. The van der Waals surface area contributed by atoms with Crippen molar-refractivity contribution in [2.75, 3.05) is 26.8 Å². The number of carbonyl (C=O) groups excluding carboxylic acids is 1. The summed E-state index contributed by atoms with van der Waals surface area (Å²) in [4.78, 5) is 14.3. The molecule has 0 bridgehead atoms. The molecule has 0 aromatic heterocycles. The van der Waals surface area contributed by atoms with Crippen LogP contribution >= 0.6 is 0 Å². The minimum atomic E-state index is 0.0788. The summed E-state index contributed by atoms with van der Waals surface area (Å²) in [6, 6.07) is 5.63. The van der Waals surface area contributed by atoms with Crippen LogP contribution in [0.2, 0.25) is 0 Å². The van der Waals surface area contributed by atoms with Gasteiger partial charge >= 0.3 is 0 Å². The van der Waals surface area contributed by atoms with E-state index in [-0.39, 0.29) is 5.91 Å². The molecule has 1 aliphatic rings. The third kappa shape index (κ3) is 5.15. The molecule has 0 saturated carbocycles. The highest BCUT2D eigenvalue weighted by atomic mass is 16.5. The zero-order valence-electron chi connectivity index (χ0n) is 14.7. The topological polar surface area (TPSA) is 38.8 Å². The highest BCUT2D eigenvalue weighted by Gasteiger charge is 2.16. The Morgan fingerprint density at radius 3 is 2.92 bits per heavy atom. The predicted octanol–water partition coefficient (Wildman–Crippen LogP) is 3.92. The molecule has 1 fully saturated rings. The van der Waals surface area contributed by atoms with Gasteiger partial charge in [-0.2, -0.15) is 0 Å². The van der Waals surface area contributed by atoms with Crippen LogP contribution in [0.3, 0.4) is 0 Å². The van der Waals surface area contributed by atoms with E-state index in [0.29, 0.717) is 24.0 Å². The molecule has 0 spiro atoms. The largest absolute Gasteiger partial charge is 0.493 e. The second kappa shape index (κ2) is 9.16. The molecular weight excluding hydrogens is 302 g/mol. The molecule has 0 radical (unpaired) electrons. The van der Waals surface area contributed by atoms with Crippen molar-refractivity contribution in [2.24, 2.45) is 5.92 Å². The summed E-state index contributed by atoms with van der Waals surface area (Å²) in [5.41, 5.74) is 0.911. The fourth-order valence-electron chi connectivity index (χ4n) is 2.81. The Labute approximate surface area is 144 Å². The molecule has 2 rings (SSSR count). The summed E-state index contributed by atoms with van der Waals surface area (Å²) >= 11 is 0. The lowest BCUT2D eigenvalue weighted by Crippen LogP contribution is -2.30. The number of amides is 1. The molecule has 4 heteroatoms. The van der Waals surface area contributed by atoms with Gasteiger partial charge in [0.05, 0.1) is 7.11 Å². The molecule has 1 heterocycles. The molecule has 1 amide bonds. The van der Waals surface area contributed by atoms with Crippen LogP contribution in [0.1, 0.15) is 31.7 Å². The lowest BCUT2D eigenvalue weighted by atomic mass is 10.0. The summed E-state index contributed by atoms with van der Waals surface area (Å²) in [6.45, 7) is 8.02. The van der Waals surface area contributed by atoms with Crippen molar-refractivity contribution in [3.8, 4) is 11.5 Å². The molecule has 1 saturated heterocycles. The average molecular weight is 329 g/mol. The highest BCUT2D eigenvalue weighted by molar-refractivity contribution is 5.91. The van der Waals surface area contributed by atoms with Crippen molar-refractivity contribution in [1.29, 1.82) is 0 Å². The van der Waals surface area contributed by atoms with Crippen LogP contribution in [0.4, 0.5) is 0 Å². The van der Waals surface area contributed by atoms with Crippen molar-refractivity contribution in [3.05, 3.63) is 42.5 Å². The van der Waals surface area contributed by atoms with Gasteiger partial charge < -0.3 is 14.4 Å². The number of nitrogens with zero attached hydrogens (tertiary/aromatic N) is 1. The number of carbonyl (C=O) groups is 1. The third-order valence-electron chi connectivity index (χ3n) is 4.29. The van der Waals surface area contributed by atoms with E-state index < -0.39 is 0 Å². The summed E-state index contributed by atoms with van der Waals surface area (Å²) < 4.78 is 10.9. The Balaban J connectivity index is 2.02. The lowest BCUT2D eigenvalue weighted by molar-refractivity contribution is -0.125. The number of benzene rings is 1. The number of methoxy groups -OCH3 is 1. The third-order valence-corrected chi connectivity index (χ3v) is 4.29. The van der Waals surface area contributed by atoms with E-state index in [1.54, 1.807) is 19.3 Å². The molecule has 1 atom stereocenters. The Morgan fingerprint density at radius 1 is 1.33 bits per heavy atom. The Kier molecular flexibility index (Phi) is 6.91. The van der Waals surface area contributed by atoms with Crippen molar-refractivity contribution in [2.45, 2.75) is 26.2 Å². The minimum absolute atomic E-state index is 0.0788. The van der Waals surface area contributed by atoms with E-state index in [0.717, 1.165) is 31.5 Å². The standard InChI is InChI=1S/C20H27NO3/c1-4-14-24-18-9-7-17(15-19(18)23-3)8-10-20(22)21-12-5-6-16(2)11-13-21/h4,7-10,15-16H,1,5-6,11-14H2,2-3H3/b10-8-/t16-/m1/s1. The van der Waals surface area contributed by atoms with Gasteiger partial charge in [-0.3, -0.25) is 4.79 Å². The van der Waals surface area contributed by atoms with Gasteiger partial charge in [-0.15, -0.1) is 0 Å². The molecule has 0 unspecified atom stereocenters. The summed E-state index contributed by atoms with van der Waals surface area (Å²) in [6.07, 6.45) is 8.54. The van der Waals surface area contributed by atoms with Crippen LogP contribution in [0.15, 0.2) is 36.9 Å². The molecule has 24 heavy (non-hydrogen) atoms. The van der Waals surface area contributed by atoms with Crippen molar-refractivity contribution in [1.82, 2.24) is 4.90 Å². The lowest BCUT2D eigenvalue weighted by Gasteiger charge is -2.18. The van der Waals surface area contributed by atoms with Gasteiger partial charge in [0.1, 0.15) is 6.61 Å². The average Bonchev–Trinajstić information content (AvgIpc) is 2.82. The number of hydrogen-bond acceptors (Lipinski definition) is 3. The van der Waals surface area contributed by atoms with Gasteiger partial charge in [-0.05, 0) is 49.0 Å². The number of hydrogen-bond donors (Lipinski definition) is 0. The van der Waals surface area contributed by atoms with Crippen LogP contribution in [0.25, 0.3) is 6.08 Å². The summed E-state index contributed by atoms with van der Waals surface area (Å²) in [7, 11) is 1.60. The van der Waals surface area contributed by atoms with Gasteiger partial charge in [0, 0.05) is 19.2 Å². The second-order valence-corrected chi connectivity index (χ2v) is 6.20. The normalized spacial score (nSPS) is 18.2. The first-order valence-corrected chi connectivity index (χ1v) is 8.52.